The van der Waals surface area contributed by atoms with Crippen molar-refractivity contribution in [3.05, 3.63) is 24.0 Å². The van der Waals surface area contributed by atoms with E-state index in [4.69, 9.17) is 5.73 Å². The van der Waals surface area contributed by atoms with E-state index in [-0.39, 0.29) is 0 Å². The number of anilines is 1. The van der Waals surface area contributed by atoms with Gasteiger partial charge in [-0.1, -0.05) is 12.8 Å². The van der Waals surface area contributed by atoms with Crippen LogP contribution in [0, 0.1) is 5.92 Å². The predicted octanol–water partition coefficient (Wildman–Crippen LogP) is 1.31. The maximum Gasteiger partial charge on any atom is 0.267 e. The molecule has 0 aromatic carbocycles. The van der Waals surface area contributed by atoms with Crippen molar-refractivity contribution >= 4 is 11.6 Å². The highest BCUT2D eigenvalue weighted by atomic mass is 16.3. The van der Waals surface area contributed by atoms with Crippen LogP contribution in [0.5, 0.6) is 0 Å². The lowest BCUT2D eigenvalue weighted by atomic mass is 9.71. The summed E-state index contributed by atoms with van der Waals surface area (Å²) in [5, 5.41) is 10.7. The van der Waals surface area contributed by atoms with Gasteiger partial charge in [0.1, 0.15) is 5.69 Å². The van der Waals surface area contributed by atoms with Gasteiger partial charge in [0.25, 0.3) is 5.91 Å². The Kier molecular flexibility index (Phi) is 3.38. The van der Waals surface area contributed by atoms with Crippen LogP contribution < -0.4 is 10.6 Å². The van der Waals surface area contributed by atoms with Crippen LogP contribution in [0.3, 0.4) is 0 Å². The summed E-state index contributed by atoms with van der Waals surface area (Å²) in [6.07, 6.45) is 6.76. The van der Waals surface area contributed by atoms with E-state index in [0.717, 1.165) is 44.5 Å². The van der Waals surface area contributed by atoms with Gasteiger partial charge in [0, 0.05) is 30.9 Å². The van der Waals surface area contributed by atoms with Crippen molar-refractivity contribution in [3.8, 4) is 0 Å². The van der Waals surface area contributed by atoms with Crippen molar-refractivity contribution in [2.45, 2.75) is 37.7 Å². The Morgan fingerprint density at radius 1 is 1.45 bits per heavy atom. The van der Waals surface area contributed by atoms with Crippen molar-refractivity contribution < 1.29 is 9.90 Å². The average Bonchev–Trinajstić information content (AvgIpc) is 2.46. The van der Waals surface area contributed by atoms with Gasteiger partial charge < -0.3 is 15.7 Å². The molecule has 0 bridgehead atoms. The zero-order valence-electron chi connectivity index (χ0n) is 11.6. The molecule has 3 rings (SSSR count). The van der Waals surface area contributed by atoms with Crippen molar-refractivity contribution in [2.75, 3.05) is 18.0 Å². The fourth-order valence-corrected chi connectivity index (χ4v) is 3.56. The third kappa shape index (κ3) is 2.38. The van der Waals surface area contributed by atoms with E-state index in [2.05, 4.69) is 9.88 Å². The van der Waals surface area contributed by atoms with Crippen LogP contribution in [0.15, 0.2) is 18.3 Å². The number of hydrogen-bond donors (Lipinski definition) is 2. The molecule has 1 amide bonds. The van der Waals surface area contributed by atoms with Crippen molar-refractivity contribution in [2.24, 2.45) is 11.7 Å². The number of nitrogens with two attached hydrogens (primary N) is 1. The molecular formula is C15H21N3O2. The van der Waals surface area contributed by atoms with Gasteiger partial charge in [-0.2, -0.15) is 0 Å². The van der Waals surface area contributed by atoms with E-state index < -0.39 is 11.5 Å². The lowest BCUT2D eigenvalue weighted by Crippen LogP contribution is -2.53. The van der Waals surface area contributed by atoms with Gasteiger partial charge in [-0.25, -0.2) is 0 Å². The Balaban J connectivity index is 1.79. The second-order valence-electron chi connectivity index (χ2n) is 6.01. The molecular weight excluding hydrogens is 254 g/mol. The SMILES string of the molecule is NC(=O)c1cc(N2CCC3(O)CCCCC3C2)ccn1. The van der Waals surface area contributed by atoms with E-state index in [1.807, 2.05) is 6.07 Å². The van der Waals surface area contributed by atoms with Gasteiger partial charge in [-0.05, 0) is 31.4 Å². The summed E-state index contributed by atoms with van der Waals surface area (Å²) in [5.74, 6) is -0.173. The number of nitrogens with zero attached hydrogens (tertiary/aromatic N) is 2. The third-order valence-electron chi connectivity index (χ3n) is 4.79. The number of pyridine rings is 1. The van der Waals surface area contributed by atoms with E-state index in [1.165, 1.54) is 6.42 Å². The van der Waals surface area contributed by atoms with Gasteiger partial charge in [0.05, 0.1) is 5.60 Å². The molecule has 1 aromatic rings. The zero-order valence-corrected chi connectivity index (χ0v) is 11.6. The molecule has 5 nitrogen and oxygen atoms in total. The standard InChI is InChI=1S/C15H21N3O2/c16-14(19)13-9-12(4-7-17-13)18-8-6-15(20)5-2-1-3-11(15)10-18/h4,7,9,11,20H,1-3,5-6,8,10H2,(H2,16,19). The first-order chi connectivity index (χ1) is 9.58. The number of fused-ring (bicyclic) bond motifs is 1. The number of aromatic nitrogens is 1. The Morgan fingerprint density at radius 3 is 3.10 bits per heavy atom. The maximum absolute atomic E-state index is 11.2. The number of rotatable bonds is 2. The number of primary amides is 1. The van der Waals surface area contributed by atoms with Crippen LogP contribution in [0.4, 0.5) is 5.69 Å². The molecule has 0 radical (unpaired) electrons. The molecule has 3 N–H and O–H groups in total. The van der Waals surface area contributed by atoms with Crippen LogP contribution >= 0.6 is 0 Å². The minimum Gasteiger partial charge on any atom is -0.389 e. The summed E-state index contributed by atoms with van der Waals surface area (Å²) in [6, 6.07) is 3.65. The average molecular weight is 275 g/mol. The topological polar surface area (TPSA) is 79.5 Å². The van der Waals surface area contributed by atoms with E-state index in [0.29, 0.717) is 11.6 Å². The van der Waals surface area contributed by atoms with Gasteiger partial charge in [-0.15, -0.1) is 0 Å². The molecule has 2 unspecified atom stereocenters. The lowest BCUT2D eigenvalue weighted by molar-refractivity contribution is -0.0612. The summed E-state index contributed by atoms with van der Waals surface area (Å²) >= 11 is 0. The van der Waals surface area contributed by atoms with Crippen LogP contribution in [0.2, 0.25) is 0 Å². The first kappa shape index (κ1) is 13.4. The Labute approximate surface area is 118 Å². The molecule has 0 spiro atoms. The van der Waals surface area contributed by atoms with Gasteiger partial charge in [0.15, 0.2) is 0 Å². The molecule has 20 heavy (non-hydrogen) atoms. The number of hydrogen-bond acceptors (Lipinski definition) is 4. The Bertz CT molecular complexity index is 520. The summed E-state index contributed by atoms with van der Waals surface area (Å²) < 4.78 is 0. The summed E-state index contributed by atoms with van der Waals surface area (Å²) in [4.78, 5) is 17.4. The number of carbonyl (C=O) groups is 1. The molecule has 2 atom stereocenters. The first-order valence-corrected chi connectivity index (χ1v) is 7.32. The molecule has 108 valence electrons. The number of piperidine rings is 1. The summed E-state index contributed by atoms with van der Waals surface area (Å²) in [7, 11) is 0. The van der Waals surface area contributed by atoms with E-state index >= 15 is 0 Å². The quantitative estimate of drug-likeness (QED) is 0.853. The molecule has 2 heterocycles. The first-order valence-electron chi connectivity index (χ1n) is 7.32. The van der Waals surface area contributed by atoms with Crippen LogP contribution in [0.1, 0.15) is 42.6 Å². The second-order valence-corrected chi connectivity index (χ2v) is 6.01. The minimum absolute atomic E-state index is 0.298. The predicted molar refractivity (Wildman–Crippen MR) is 76.5 cm³/mol. The van der Waals surface area contributed by atoms with Gasteiger partial charge in [0.2, 0.25) is 0 Å². The Morgan fingerprint density at radius 2 is 2.30 bits per heavy atom. The Hall–Kier alpha value is -1.62. The highest BCUT2D eigenvalue weighted by Crippen LogP contribution is 2.40. The molecule has 2 aliphatic rings. The monoisotopic (exact) mass is 275 g/mol. The van der Waals surface area contributed by atoms with E-state index in [1.54, 1.807) is 12.3 Å². The highest BCUT2D eigenvalue weighted by molar-refractivity contribution is 5.91. The van der Waals surface area contributed by atoms with Crippen LogP contribution in [-0.4, -0.2) is 34.7 Å². The van der Waals surface area contributed by atoms with Crippen molar-refractivity contribution in [1.82, 2.24) is 4.98 Å². The second kappa shape index (κ2) is 5.05. The minimum atomic E-state index is -0.502. The van der Waals surface area contributed by atoms with Crippen LogP contribution in [0.25, 0.3) is 0 Å². The fraction of sp³-hybridized carbons (Fsp3) is 0.600. The molecule has 1 aromatic heterocycles. The van der Waals surface area contributed by atoms with Gasteiger partial charge in [-0.3, -0.25) is 9.78 Å². The molecule has 5 heteroatoms. The summed E-state index contributed by atoms with van der Waals surface area (Å²) in [6.45, 7) is 1.66. The number of aliphatic hydroxyl groups is 1. The molecule has 1 aliphatic heterocycles. The van der Waals surface area contributed by atoms with Crippen molar-refractivity contribution in [1.29, 1.82) is 0 Å². The molecule has 2 fully saturated rings. The zero-order chi connectivity index (χ0) is 14.2. The number of amides is 1. The van der Waals surface area contributed by atoms with Crippen LogP contribution in [-0.2, 0) is 0 Å². The normalized spacial score (nSPS) is 29.9. The molecule has 1 saturated carbocycles. The fourth-order valence-electron chi connectivity index (χ4n) is 3.56. The highest BCUT2D eigenvalue weighted by Gasteiger charge is 2.42. The van der Waals surface area contributed by atoms with E-state index in [9.17, 15) is 9.90 Å². The molecule has 1 aliphatic carbocycles. The van der Waals surface area contributed by atoms with Crippen molar-refractivity contribution in [3.63, 3.8) is 0 Å². The lowest BCUT2D eigenvalue weighted by Gasteiger charge is -2.48. The maximum atomic E-state index is 11.2. The smallest absolute Gasteiger partial charge is 0.267 e. The number of carbonyl (C=O) groups excluding carboxylic acids is 1. The summed E-state index contributed by atoms with van der Waals surface area (Å²) in [5.41, 5.74) is 6.07. The molecule has 1 saturated heterocycles. The third-order valence-corrected chi connectivity index (χ3v) is 4.79. The largest absolute Gasteiger partial charge is 0.389 e. The van der Waals surface area contributed by atoms with Gasteiger partial charge >= 0.3 is 0 Å².